The molecule has 0 aliphatic heterocycles. The molecule has 234 valence electrons. The first kappa shape index (κ1) is 31.4. The predicted molar refractivity (Wildman–Crippen MR) is 159 cm³/mol. The van der Waals surface area contributed by atoms with Crippen LogP contribution in [0.1, 0.15) is 66.9 Å². The molecule has 1 aromatic rings. The molecule has 0 radical (unpaired) electrons. The summed E-state index contributed by atoms with van der Waals surface area (Å²) in [5, 5.41) is 37.2. The maximum atomic E-state index is 14.0. The molecule has 0 bridgehead atoms. The number of hydrogen-bond acceptors (Lipinski definition) is 8. The first-order chi connectivity index (χ1) is 19.9. The lowest BCUT2D eigenvalue weighted by Crippen LogP contribution is -2.61. The van der Waals surface area contributed by atoms with Crippen molar-refractivity contribution < 1.29 is 39.2 Å². The molecule has 0 heterocycles. The quantitative estimate of drug-likeness (QED) is 0.289. The minimum atomic E-state index is -1.86. The number of hydrogen-bond donors (Lipinski definition) is 4. The number of fused-ring (bicyclic) bond motifs is 5. The van der Waals surface area contributed by atoms with Gasteiger partial charge in [0, 0.05) is 36.0 Å². The highest BCUT2D eigenvalue weighted by molar-refractivity contribution is 6.04. The summed E-state index contributed by atoms with van der Waals surface area (Å²) in [7, 11) is 0. The molecule has 0 saturated heterocycles. The summed E-state index contributed by atoms with van der Waals surface area (Å²) >= 11 is 0. The van der Waals surface area contributed by atoms with E-state index in [9.17, 15) is 29.7 Å². The summed E-state index contributed by atoms with van der Waals surface area (Å²) in [5.41, 5.74) is -4.01. The van der Waals surface area contributed by atoms with E-state index in [0.29, 0.717) is 17.6 Å². The molecule has 2 saturated carbocycles. The lowest BCUT2D eigenvalue weighted by molar-refractivity contribution is -0.188. The highest BCUT2D eigenvalue weighted by Crippen LogP contribution is 2.76. The normalized spacial score (nSPS) is 36.6. The van der Waals surface area contributed by atoms with Gasteiger partial charge in [-0.1, -0.05) is 63.3 Å². The lowest BCUT2D eigenvalue weighted by Gasteiger charge is -2.50. The Morgan fingerprint density at radius 1 is 1.12 bits per heavy atom. The number of amides is 1. The average Bonchev–Trinajstić information content (AvgIpc) is 3.31. The maximum Gasteiger partial charge on any atom is 0.408 e. The number of nitrogens with one attached hydrogen (secondary N) is 1. The number of carbonyl (C=O) groups is 3. The number of ether oxygens (including phenoxy) is 2. The Kier molecular flexibility index (Phi) is 7.51. The second-order valence-corrected chi connectivity index (χ2v) is 14.7. The predicted octanol–water partition coefficient (Wildman–Crippen LogP) is 3.65. The summed E-state index contributed by atoms with van der Waals surface area (Å²) in [4.78, 5) is 40.0. The summed E-state index contributed by atoms with van der Waals surface area (Å²) in [5.74, 6) is -3.38. The van der Waals surface area contributed by atoms with Crippen LogP contribution in [-0.2, 0) is 25.5 Å². The third-order valence-corrected chi connectivity index (χ3v) is 10.4. The van der Waals surface area contributed by atoms with E-state index < -0.39 is 69.5 Å². The minimum Gasteiger partial charge on any atom is -0.457 e. The summed E-state index contributed by atoms with van der Waals surface area (Å²) in [6.07, 6.45) is 3.15. The van der Waals surface area contributed by atoms with Crippen LogP contribution in [0.25, 0.3) is 0 Å². The van der Waals surface area contributed by atoms with E-state index in [-0.39, 0.29) is 25.4 Å². The van der Waals surface area contributed by atoms with Crippen LogP contribution in [-0.4, -0.2) is 68.2 Å². The van der Waals surface area contributed by atoms with Crippen LogP contribution in [0.3, 0.4) is 0 Å². The zero-order chi connectivity index (χ0) is 31.8. The van der Waals surface area contributed by atoms with Crippen LogP contribution in [0.15, 0.2) is 53.6 Å². The Hall–Kier alpha value is -3.01. The highest BCUT2D eigenvalue weighted by atomic mass is 16.6. The number of esters is 1. The van der Waals surface area contributed by atoms with Gasteiger partial charge in [0.15, 0.2) is 5.78 Å². The van der Waals surface area contributed by atoms with Crippen molar-refractivity contribution in [3.8, 4) is 0 Å². The van der Waals surface area contributed by atoms with Crippen LogP contribution < -0.4 is 5.32 Å². The van der Waals surface area contributed by atoms with Gasteiger partial charge in [-0.05, 0) is 56.7 Å². The molecule has 1 aromatic carbocycles. The number of carbonyl (C=O) groups excluding carboxylic acids is 3. The number of benzene rings is 1. The van der Waals surface area contributed by atoms with Gasteiger partial charge < -0.3 is 30.1 Å². The van der Waals surface area contributed by atoms with Gasteiger partial charge in [-0.3, -0.25) is 4.79 Å². The number of aliphatic hydroxyl groups is 3. The molecule has 5 rings (SSSR count). The van der Waals surface area contributed by atoms with E-state index >= 15 is 0 Å². The number of ketones is 1. The average molecular weight is 596 g/mol. The van der Waals surface area contributed by atoms with Crippen LogP contribution in [0, 0.1) is 29.1 Å². The number of alkyl carbamates (subject to hydrolysis) is 1. The maximum absolute atomic E-state index is 14.0. The van der Waals surface area contributed by atoms with Crippen molar-refractivity contribution in [2.24, 2.45) is 29.1 Å². The zero-order valence-electron chi connectivity index (χ0n) is 26.1. The van der Waals surface area contributed by atoms with E-state index in [1.165, 1.54) is 0 Å². The molecule has 2 fully saturated rings. The fourth-order valence-corrected chi connectivity index (χ4v) is 8.34. The van der Waals surface area contributed by atoms with E-state index in [0.717, 1.165) is 5.56 Å². The molecule has 0 unspecified atom stereocenters. The molecule has 8 atom stereocenters. The first-order valence-electron chi connectivity index (χ1n) is 15.2. The molecule has 43 heavy (non-hydrogen) atoms. The topological polar surface area (TPSA) is 142 Å². The fourth-order valence-electron chi connectivity index (χ4n) is 8.34. The number of Topliss-reactive ketones (excluding diaryl/α,β-unsaturated/α-hetero) is 1. The van der Waals surface area contributed by atoms with E-state index in [2.05, 4.69) is 5.32 Å². The molecule has 4 aliphatic rings. The van der Waals surface area contributed by atoms with E-state index in [4.69, 9.17) is 9.47 Å². The van der Waals surface area contributed by atoms with Gasteiger partial charge in [-0.15, -0.1) is 0 Å². The van der Waals surface area contributed by atoms with Gasteiger partial charge in [0.2, 0.25) is 0 Å². The van der Waals surface area contributed by atoms with Crippen LogP contribution in [0.4, 0.5) is 4.79 Å². The fraction of sp³-hybridized carbons (Fsp3) is 0.618. The summed E-state index contributed by atoms with van der Waals surface area (Å²) in [6, 6.07) is 8.30. The van der Waals surface area contributed by atoms with Crippen molar-refractivity contribution in [3.63, 3.8) is 0 Å². The van der Waals surface area contributed by atoms with Crippen LogP contribution >= 0.6 is 0 Å². The van der Waals surface area contributed by atoms with Gasteiger partial charge in [-0.25, -0.2) is 9.59 Å². The van der Waals surface area contributed by atoms with Gasteiger partial charge in [0.1, 0.15) is 22.8 Å². The molecule has 0 spiro atoms. The smallest absolute Gasteiger partial charge is 0.408 e. The number of rotatable bonds is 6. The number of aliphatic hydroxyl groups excluding tert-OH is 1. The molecule has 1 amide bonds. The minimum absolute atomic E-state index is 0.0781. The van der Waals surface area contributed by atoms with Crippen molar-refractivity contribution in [2.45, 2.75) is 96.2 Å². The standard InChI is InChI=1S/C34H45NO8/c1-19-13-25-32(40,27(19)37)17-22(18-36)14-23-26-31(6,7)33(26,16-20(2)34(23,25)41)42-28(38)24(15-21-11-9-8-10-12-21)35-29(39)43-30(3,4)5/h8-14,20,23-26,36,40-41H,15-18H2,1-7H3,(H,35,39)/t20-,23+,24-,25-,26-,32-,33+,34-/m1/s1. The van der Waals surface area contributed by atoms with Crippen molar-refractivity contribution >= 4 is 17.8 Å². The Balaban J connectivity index is 1.49. The Morgan fingerprint density at radius 3 is 2.37 bits per heavy atom. The second kappa shape index (κ2) is 10.3. The van der Waals surface area contributed by atoms with Crippen molar-refractivity contribution in [1.29, 1.82) is 0 Å². The Bertz CT molecular complexity index is 1380. The largest absolute Gasteiger partial charge is 0.457 e. The third kappa shape index (κ3) is 4.93. The molecular formula is C34H45NO8. The third-order valence-electron chi connectivity index (χ3n) is 10.4. The van der Waals surface area contributed by atoms with Crippen LogP contribution in [0.5, 0.6) is 0 Å². The SMILES string of the molecule is CC1=C[C@H]2[C@@]3(O)[C@H](C)C[C@]4(OC(=O)[C@@H](Cc5ccccc5)NC(=O)OC(C)(C)C)[C@H]([C@@H]3C=C(CO)C[C@]2(O)C1=O)C4(C)C. The zero-order valence-corrected chi connectivity index (χ0v) is 26.1. The Labute approximate surface area is 253 Å². The van der Waals surface area contributed by atoms with Gasteiger partial charge >= 0.3 is 12.1 Å². The van der Waals surface area contributed by atoms with Gasteiger partial charge in [-0.2, -0.15) is 0 Å². The highest BCUT2D eigenvalue weighted by Gasteiger charge is 2.83. The van der Waals surface area contributed by atoms with E-state index in [1.807, 2.05) is 51.1 Å². The Morgan fingerprint density at radius 2 is 1.77 bits per heavy atom. The van der Waals surface area contributed by atoms with Crippen molar-refractivity contribution in [3.05, 3.63) is 59.2 Å². The molecule has 4 aliphatic carbocycles. The summed E-state index contributed by atoms with van der Waals surface area (Å²) in [6.45, 7) is 12.3. The van der Waals surface area contributed by atoms with Crippen LogP contribution in [0.2, 0.25) is 0 Å². The van der Waals surface area contributed by atoms with Gasteiger partial charge in [0.05, 0.1) is 12.2 Å². The molecular weight excluding hydrogens is 550 g/mol. The van der Waals surface area contributed by atoms with Crippen molar-refractivity contribution in [1.82, 2.24) is 5.32 Å². The lowest BCUT2D eigenvalue weighted by atomic mass is 9.60. The molecule has 4 N–H and O–H groups in total. The van der Waals surface area contributed by atoms with Gasteiger partial charge in [0.25, 0.3) is 0 Å². The molecule has 9 heteroatoms. The molecule has 9 nitrogen and oxygen atoms in total. The molecule has 0 aromatic heterocycles. The van der Waals surface area contributed by atoms with Crippen molar-refractivity contribution in [2.75, 3.05) is 6.61 Å². The van der Waals surface area contributed by atoms with E-state index in [1.54, 1.807) is 39.8 Å². The second-order valence-electron chi connectivity index (χ2n) is 14.7. The first-order valence-corrected chi connectivity index (χ1v) is 15.2. The monoisotopic (exact) mass is 595 g/mol. The summed E-state index contributed by atoms with van der Waals surface area (Å²) < 4.78 is 11.9.